The molecule has 1 amide bonds. The number of rotatable bonds is 7. The van der Waals surface area contributed by atoms with Crippen LogP contribution in [-0.2, 0) is 27.8 Å². The van der Waals surface area contributed by atoms with Crippen molar-refractivity contribution in [3.05, 3.63) is 48.3 Å². The molecule has 3 aromatic rings. The first-order chi connectivity index (χ1) is 13.3. The molecule has 148 valence electrons. The van der Waals surface area contributed by atoms with Crippen LogP contribution in [0.1, 0.15) is 19.2 Å². The summed E-state index contributed by atoms with van der Waals surface area (Å²) in [6.45, 7) is 2.62. The van der Waals surface area contributed by atoms with Crippen LogP contribution in [0.3, 0.4) is 0 Å². The Bertz CT molecular complexity index is 1100. The maximum absolute atomic E-state index is 12.3. The zero-order valence-corrected chi connectivity index (χ0v) is 16.5. The fourth-order valence-corrected chi connectivity index (χ4v) is 3.54. The quantitative estimate of drug-likeness (QED) is 0.629. The number of hydrogen-bond donors (Lipinski definition) is 2. The van der Waals surface area contributed by atoms with Crippen molar-refractivity contribution in [1.29, 1.82) is 0 Å². The van der Waals surface area contributed by atoms with Gasteiger partial charge in [0.25, 0.3) is 0 Å². The van der Waals surface area contributed by atoms with Gasteiger partial charge in [0.1, 0.15) is 11.6 Å². The highest BCUT2D eigenvalue weighted by Crippen LogP contribution is 2.21. The van der Waals surface area contributed by atoms with Crippen molar-refractivity contribution in [2.45, 2.75) is 31.2 Å². The molecular formula is C19H22N4O4S. The number of aromatic nitrogens is 2. The van der Waals surface area contributed by atoms with E-state index < -0.39 is 10.0 Å². The molecular weight excluding hydrogens is 380 g/mol. The summed E-state index contributed by atoms with van der Waals surface area (Å²) in [4.78, 5) is 16.8. The van der Waals surface area contributed by atoms with Gasteiger partial charge in [0.2, 0.25) is 15.9 Å². The van der Waals surface area contributed by atoms with E-state index in [0.29, 0.717) is 35.7 Å². The molecule has 0 atom stereocenters. The first kappa shape index (κ1) is 19.8. The Morgan fingerprint density at radius 1 is 1.21 bits per heavy atom. The zero-order valence-electron chi connectivity index (χ0n) is 15.7. The second-order valence-corrected chi connectivity index (χ2v) is 7.81. The molecule has 0 aliphatic rings. The molecule has 2 aromatic carbocycles. The first-order valence-corrected chi connectivity index (χ1v) is 10.3. The van der Waals surface area contributed by atoms with E-state index in [1.54, 1.807) is 37.4 Å². The minimum absolute atomic E-state index is 0.0181. The van der Waals surface area contributed by atoms with Crippen LogP contribution in [0.15, 0.2) is 47.4 Å². The predicted octanol–water partition coefficient (Wildman–Crippen LogP) is 2.28. The summed E-state index contributed by atoms with van der Waals surface area (Å²) in [5.74, 6) is 1.30. The Labute approximate surface area is 163 Å². The number of imidazole rings is 1. The molecule has 0 spiro atoms. The van der Waals surface area contributed by atoms with Crippen LogP contribution in [-0.4, -0.2) is 31.0 Å². The molecule has 9 heteroatoms. The Hall–Kier alpha value is -2.91. The molecule has 3 rings (SSSR count). The fourth-order valence-electron chi connectivity index (χ4n) is 3.00. The average Bonchev–Trinajstić information content (AvgIpc) is 3.03. The van der Waals surface area contributed by atoms with Crippen molar-refractivity contribution in [2.75, 3.05) is 12.4 Å². The Morgan fingerprint density at radius 3 is 2.54 bits per heavy atom. The number of fused-ring (bicyclic) bond motifs is 1. The predicted molar refractivity (Wildman–Crippen MR) is 107 cm³/mol. The van der Waals surface area contributed by atoms with Gasteiger partial charge < -0.3 is 14.6 Å². The molecule has 0 aliphatic heterocycles. The van der Waals surface area contributed by atoms with Gasteiger partial charge in [-0.15, -0.1) is 0 Å². The summed E-state index contributed by atoms with van der Waals surface area (Å²) >= 11 is 0. The van der Waals surface area contributed by atoms with Gasteiger partial charge in [0.05, 0.1) is 23.0 Å². The van der Waals surface area contributed by atoms with E-state index in [9.17, 15) is 13.2 Å². The van der Waals surface area contributed by atoms with Gasteiger partial charge in [0.15, 0.2) is 0 Å². The largest absolute Gasteiger partial charge is 0.497 e. The summed E-state index contributed by atoms with van der Waals surface area (Å²) in [7, 11) is -2.21. The molecule has 3 N–H and O–H groups in total. The highest BCUT2D eigenvalue weighted by atomic mass is 32.2. The number of aryl methyl sites for hydroxylation is 2. The van der Waals surface area contributed by atoms with Gasteiger partial charge in [-0.25, -0.2) is 18.5 Å². The molecule has 0 saturated carbocycles. The van der Waals surface area contributed by atoms with Crippen LogP contribution in [0, 0.1) is 0 Å². The highest BCUT2D eigenvalue weighted by Gasteiger charge is 2.15. The van der Waals surface area contributed by atoms with Crippen LogP contribution in [0.2, 0.25) is 0 Å². The van der Waals surface area contributed by atoms with Gasteiger partial charge >= 0.3 is 0 Å². The number of anilines is 1. The van der Waals surface area contributed by atoms with Gasteiger partial charge in [0, 0.05) is 25.1 Å². The van der Waals surface area contributed by atoms with Gasteiger partial charge in [-0.2, -0.15) is 0 Å². The van der Waals surface area contributed by atoms with Crippen LogP contribution in [0.4, 0.5) is 5.69 Å². The summed E-state index contributed by atoms with van der Waals surface area (Å²) in [5, 5.41) is 8.03. The molecule has 8 nitrogen and oxygen atoms in total. The fraction of sp³-hybridized carbons (Fsp3) is 0.263. The molecule has 0 saturated heterocycles. The van der Waals surface area contributed by atoms with Crippen molar-refractivity contribution in [2.24, 2.45) is 5.14 Å². The summed E-state index contributed by atoms with van der Waals surface area (Å²) in [5.41, 5.74) is 2.03. The lowest BCUT2D eigenvalue weighted by molar-refractivity contribution is -0.116. The number of hydrogen-bond acceptors (Lipinski definition) is 5. The lowest BCUT2D eigenvalue weighted by Gasteiger charge is -2.08. The lowest BCUT2D eigenvalue weighted by Crippen LogP contribution is -2.14. The molecule has 0 radical (unpaired) electrons. The van der Waals surface area contributed by atoms with Crippen molar-refractivity contribution in [3.63, 3.8) is 0 Å². The van der Waals surface area contributed by atoms with E-state index in [-0.39, 0.29) is 17.2 Å². The Morgan fingerprint density at radius 2 is 1.93 bits per heavy atom. The molecule has 28 heavy (non-hydrogen) atoms. The number of amides is 1. The molecule has 1 aromatic heterocycles. The minimum Gasteiger partial charge on any atom is -0.497 e. The number of methoxy groups -OCH3 is 1. The van der Waals surface area contributed by atoms with Crippen LogP contribution in [0.5, 0.6) is 5.75 Å². The number of carbonyl (C=O) groups excluding carboxylic acids is 1. The molecule has 1 heterocycles. The smallest absolute Gasteiger partial charge is 0.238 e. The highest BCUT2D eigenvalue weighted by molar-refractivity contribution is 7.89. The molecule has 0 aliphatic carbocycles. The van der Waals surface area contributed by atoms with Crippen molar-refractivity contribution >= 4 is 32.7 Å². The number of primary sulfonamides is 1. The standard InChI is InChI=1S/C19H22N4O4S/c1-3-23-17-9-8-15(28(20,25)26)12-16(17)22-18(23)10-11-19(24)21-13-4-6-14(27-2)7-5-13/h4-9,12H,3,10-11H2,1-2H3,(H,21,24)(H2,20,25,26). The minimum atomic E-state index is -3.79. The van der Waals surface area contributed by atoms with E-state index >= 15 is 0 Å². The average molecular weight is 402 g/mol. The van der Waals surface area contributed by atoms with E-state index in [0.717, 1.165) is 5.52 Å². The maximum atomic E-state index is 12.3. The summed E-state index contributed by atoms with van der Waals surface area (Å²) < 4.78 is 30.2. The van der Waals surface area contributed by atoms with E-state index in [4.69, 9.17) is 9.88 Å². The lowest BCUT2D eigenvalue weighted by atomic mass is 10.2. The van der Waals surface area contributed by atoms with Gasteiger partial charge in [-0.05, 0) is 49.4 Å². The maximum Gasteiger partial charge on any atom is 0.238 e. The molecule has 0 unspecified atom stereocenters. The number of nitrogens with one attached hydrogen (secondary N) is 1. The topological polar surface area (TPSA) is 116 Å². The Balaban J connectivity index is 1.74. The third-order valence-electron chi connectivity index (χ3n) is 4.39. The van der Waals surface area contributed by atoms with E-state index in [2.05, 4.69) is 10.3 Å². The number of benzene rings is 2. The number of nitrogens with two attached hydrogens (primary N) is 1. The number of nitrogens with zero attached hydrogens (tertiary/aromatic N) is 2. The monoisotopic (exact) mass is 402 g/mol. The third kappa shape index (κ3) is 4.32. The number of ether oxygens (including phenoxy) is 1. The van der Waals surface area contributed by atoms with Crippen molar-refractivity contribution in [1.82, 2.24) is 9.55 Å². The van der Waals surface area contributed by atoms with Gasteiger partial charge in [-0.3, -0.25) is 4.79 Å². The third-order valence-corrected chi connectivity index (χ3v) is 5.30. The van der Waals surface area contributed by atoms with Crippen molar-refractivity contribution < 1.29 is 17.9 Å². The number of carbonyl (C=O) groups is 1. The SMILES string of the molecule is CCn1c(CCC(=O)Nc2ccc(OC)cc2)nc2cc(S(N)(=O)=O)ccc21. The van der Waals surface area contributed by atoms with Crippen LogP contribution >= 0.6 is 0 Å². The second kappa shape index (κ2) is 7.99. The molecule has 0 bridgehead atoms. The van der Waals surface area contributed by atoms with E-state index in [1.807, 2.05) is 11.5 Å². The van der Waals surface area contributed by atoms with Gasteiger partial charge in [-0.1, -0.05) is 0 Å². The summed E-state index contributed by atoms with van der Waals surface area (Å²) in [6.07, 6.45) is 0.673. The van der Waals surface area contributed by atoms with E-state index in [1.165, 1.54) is 12.1 Å². The van der Waals surface area contributed by atoms with Crippen LogP contribution < -0.4 is 15.2 Å². The van der Waals surface area contributed by atoms with Crippen molar-refractivity contribution in [3.8, 4) is 5.75 Å². The Kier molecular flexibility index (Phi) is 5.66. The second-order valence-electron chi connectivity index (χ2n) is 6.24. The normalized spacial score (nSPS) is 11.5. The molecule has 0 fully saturated rings. The zero-order chi connectivity index (χ0) is 20.3. The summed E-state index contributed by atoms with van der Waals surface area (Å²) in [6, 6.07) is 11.7. The first-order valence-electron chi connectivity index (χ1n) is 8.77. The van der Waals surface area contributed by atoms with Crippen LogP contribution in [0.25, 0.3) is 11.0 Å². The number of sulfonamides is 1.